The van der Waals surface area contributed by atoms with Crippen LogP contribution in [0, 0.1) is 0 Å². The lowest BCUT2D eigenvalue weighted by Gasteiger charge is -2.23. The summed E-state index contributed by atoms with van der Waals surface area (Å²) in [5.74, 6) is 0.0338. The molecule has 8 heteroatoms. The van der Waals surface area contributed by atoms with Gasteiger partial charge in [0.25, 0.3) is 5.56 Å². The Morgan fingerprint density at radius 2 is 1.76 bits per heavy atom. The molecular weight excluding hydrogens is 470 g/mol. The van der Waals surface area contributed by atoms with E-state index in [9.17, 15) is 9.59 Å². The molecule has 0 unspecified atom stereocenters. The van der Waals surface area contributed by atoms with Gasteiger partial charge in [-0.3, -0.25) is 14.2 Å². The van der Waals surface area contributed by atoms with Gasteiger partial charge in [0.15, 0.2) is 5.16 Å². The van der Waals surface area contributed by atoms with E-state index in [0.717, 1.165) is 11.3 Å². The van der Waals surface area contributed by atoms with Crippen molar-refractivity contribution in [3.8, 4) is 0 Å². The monoisotopic (exact) mass is 493 g/mol. The van der Waals surface area contributed by atoms with Gasteiger partial charge < -0.3 is 9.64 Å². The predicted molar refractivity (Wildman–Crippen MR) is 138 cm³/mol. The molecular formula is C26H24ClN3O3S. The first-order valence-electron chi connectivity index (χ1n) is 10.8. The number of para-hydroxylation sites is 1. The Bertz CT molecular complexity index is 1330. The third kappa shape index (κ3) is 5.67. The molecule has 0 bridgehead atoms. The van der Waals surface area contributed by atoms with Crippen LogP contribution < -0.4 is 10.5 Å². The van der Waals surface area contributed by atoms with Crippen molar-refractivity contribution in [3.63, 3.8) is 0 Å². The molecule has 0 spiro atoms. The number of carbonyl (C=O) groups is 1. The third-order valence-corrected chi connectivity index (χ3v) is 6.47. The van der Waals surface area contributed by atoms with Gasteiger partial charge in [0.05, 0.1) is 36.4 Å². The second-order valence-electron chi connectivity index (χ2n) is 7.60. The molecule has 0 radical (unpaired) electrons. The minimum absolute atomic E-state index is 0.0845. The van der Waals surface area contributed by atoms with E-state index in [1.54, 1.807) is 34.8 Å². The quantitative estimate of drug-likeness (QED) is 0.242. The number of rotatable bonds is 9. The van der Waals surface area contributed by atoms with Gasteiger partial charge in [0, 0.05) is 17.8 Å². The average Bonchev–Trinajstić information content (AvgIpc) is 2.86. The summed E-state index contributed by atoms with van der Waals surface area (Å²) in [6.07, 6.45) is 0. The summed E-state index contributed by atoms with van der Waals surface area (Å²) in [4.78, 5) is 32.9. The van der Waals surface area contributed by atoms with Crippen molar-refractivity contribution in [2.75, 3.05) is 24.4 Å². The summed E-state index contributed by atoms with van der Waals surface area (Å²) in [7, 11) is 1.58. The van der Waals surface area contributed by atoms with Crippen molar-refractivity contribution in [3.05, 3.63) is 99.8 Å². The fourth-order valence-electron chi connectivity index (χ4n) is 3.57. The number of fused-ring (bicyclic) bond motifs is 1. The summed E-state index contributed by atoms with van der Waals surface area (Å²) in [5, 5.41) is 1.43. The van der Waals surface area contributed by atoms with Crippen molar-refractivity contribution >= 4 is 45.9 Å². The highest BCUT2D eigenvalue weighted by molar-refractivity contribution is 7.99. The van der Waals surface area contributed by atoms with Gasteiger partial charge in [0.1, 0.15) is 0 Å². The van der Waals surface area contributed by atoms with Crippen molar-refractivity contribution in [2.24, 2.45) is 0 Å². The number of amides is 1. The van der Waals surface area contributed by atoms with Crippen molar-refractivity contribution < 1.29 is 9.53 Å². The fraction of sp³-hybridized carbons (Fsp3) is 0.192. The third-order valence-electron chi connectivity index (χ3n) is 5.28. The zero-order chi connectivity index (χ0) is 23.9. The minimum Gasteiger partial charge on any atom is -0.383 e. The molecule has 0 N–H and O–H groups in total. The van der Waals surface area contributed by atoms with E-state index >= 15 is 0 Å². The van der Waals surface area contributed by atoms with Gasteiger partial charge in [-0.05, 0) is 35.9 Å². The van der Waals surface area contributed by atoms with Gasteiger partial charge in [-0.2, -0.15) is 0 Å². The molecule has 0 aliphatic heterocycles. The Hall–Kier alpha value is -3.13. The second kappa shape index (κ2) is 11.3. The summed E-state index contributed by atoms with van der Waals surface area (Å²) in [6, 6.07) is 24.4. The normalized spacial score (nSPS) is 11.0. The Kier molecular flexibility index (Phi) is 8.00. The number of hydrogen-bond acceptors (Lipinski definition) is 5. The fourth-order valence-corrected chi connectivity index (χ4v) is 4.63. The van der Waals surface area contributed by atoms with Gasteiger partial charge >= 0.3 is 0 Å². The molecule has 0 fully saturated rings. The molecule has 6 nitrogen and oxygen atoms in total. The highest BCUT2D eigenvalue weighted by Crippen LogP contribution is 2.23. The largest absolute Gasteiger partial charge is 0.383 e. The number of carbonyl (C=O) groups excluding carboxylic acids is 1. The van der Waals surface area contributed by atoms with E-state index < -0.39 is 0 Å². The maximum absolute atomic E-state index is 13.4. The van der Waals surface area contributed by atoms with Crippen LogP contribution in [0.5, 0.6) is 0 Å². The standard InChI is InChI=1S/C26H24ClN3O3S/c1-33-15-14-29-25(32)22-13-12-20(27)16-23(22)28-26(29)34-18-24(31)30(21-10-6-3-7-11-21)17-19-8-4-2-5-9-19/h2-13,16H,14-15,17-18H2,1H3. The first kappa shape index (κ1) is 24.0. The number of benzene rings is 3. The lowest BCUT2D eigenvalue weighted by Crippen LogP contribution is -2.32. The number of nitrogens with zero attached hydrogens (tertiary/aromatic N) is 3. The zero-order valence-electron chi connectivity index (χ0n) is 18.7. The van der Waals surface area contributed by atoms with Crippen LogP contribution in [0.2, 0.25) is 5.02 Å². The molecule has 34 heavy (non-hydrogen) atoms. The van der Waals surface area contributed by atoms with Gasteiger partial charge in [-0.15, -0.1) is 0 Å². The molecule has 0 aliphatic rings. The molecule has 3 aromatic carbocycles. The Labute approximate surface area is 207 Å². The number of aromatic nitrogens is 2. The summed E-state index contributed by atoms with van der Waals surface area (Å²) in [5.41, 5.74) is 2.16. The summed E-state index contributed by atoms with van der Waals surface area (Å²) in [6.45, 7) is 1.14. The molecule has 0 atom stereocenters. The number of methoxy groups -OCH3 is 1. The van der Waals surface area contributed by atoms with E-state index in [2.05, 4.69) is 4.98 Å². The van der Waals surface area contributed by atoms with Crippen LogP contribution in [0.15, 0.2) is 88.8 Å². The van der Waals surface area contributed by atoms with E-state index in [-0.39, 0.29) is 17.2 Å². The second-order valence-corrected chi connectivity index (χ2v) is 8.97. The van der Waals surface area contributed by atoms with Crippen LogP contribution >= 0.6 is 23.4 Å². The van der Waals surface area contributed by atoms with Crippen LogP contribution in [0.25, 0.3) is 10.9 Å². The lowest BCUT2D eigenvalue weighted by molar-refractivity contribution is -0.116. The SMILES string of the molecule is COCCn1c(SCC(=O)N(Cc2ccccc2)c2ccccc2)nc2cc(Cl)ccc2c1=O. The topological polar surface area (TPSA) is 64.4 Å². The molecule has 4 aromatic rings. The number of halogens is 1. The molecule has 4 rings (SSSR count). The van der Waals surface area contributed by atoms with Gasteiger partial charge in [-0.25, -0.2) is 4.98 Å². The van der Waals surface area contributed by atoms with Crippen molar-refractivity contribution in [1.29, 1.82) is 0 Å². The highest BCUT2D eigenvalue weighted by Gasteiger charge is 2.19. The van der Waals surface area contributed by atoms with Crippen LogP contribution in [0.4, 0.5) is 5.69 Å². The first-order chi connectivity index (χ1) is 16.6. The summed E-state index contributed by atoms with van der Waals surface area (Å²) >= 11 is 7.36. The minimum atomic E-state index is -0.183. The molecule has 0 saturated heterocycles. The maximum Gasteiger partial charge on any atom is 0.262 e. The molecule has 0 saturated carbocycles. The van der Waals surface area contributed by atoms with E-state index in [0.29, 0.717) is 40.8 Å². The maximum atomic E-state index is 13.4. The molecule has 174 valence electrons. The predicted octanol–water partition coefficient (Wildman–Crippen LogP) is 5.02. The smallest absolute Gasteiger partial charge is 0.262 e. The lowest BCUT2D eigenvalue weighted by atomic mass is 10.2. The number of anilines is 1. The first-order valence-corrected chi connectivity index (χ1v) is 12.1. The van der Waals surface area contributed by atoms with Crippen LogP contribution in [-0.4, -0.2) is 34.9 Å². The molecule has 1 aromatic heterocycles. The Morgan fingerprint density at radius 1 is 1.06 bits per heavy atom. The average molecular weight is 494 g/mol. The van der Waals surface area contributed by atoms with Gasteiger partial charge in [-0.1, -0.05) is 71.9 Å². The number of hydrogen-bond donors (Lipinski definition) is 0. The van der Waals surface area contributed by atoms with E-state index in [1.165, 1.54) is 11.8 Å². The van der Waals surface area contributed by atoms with Gasteiger partial charge in [0.2, 0.25) is 5.91 Å². The number of thioether (sulfide) groups is 1. The molecule has 1 amide bonds. The molecule has 1 heterocycles. The highest BCUT2D eigenvalue weighted by atomic mass is 35.5. The van der Waals surface area contributed by atoms with Crippen molar-refractivity contribution in [1.82, 2.24) is 9.55 Å². The number of ether oxygens (including phenoxy) is 1. The van der Waals surface area contributed by atoms with Crippen LogP contribution in [0.3, 0.4) is 0 Å². The van der Waals surface area contributed by atoms with Crippen molar-refractivity contribution in [2.45, 2.75) is 18.2 Å². The Balaban J connectivity index is 1.63. The summed E-state index contributed by atoms with van der Waals surface area (Å²) < 4.78 is 6.74. The van der Waals surface area contributed by atoms with E-state index in [4.69, 9.17) is 16.3 Å². The zero-order valence-corrected chi connectivity index (χ0v) is 20.3. The van der Waals surface area contributed by atoms with E-state index in [1.807, 2.05) is 60.7 Å². The Morgan fingerprint density at radius 3 is 2.47 bits per heavy atom. The van der Waals surface area contributed by atoms with Crippen LogP contribution in [-0.2, 0) is 22.6 Å². The van der Waals surface area contributed by atoms with Crippen LogP contribution in [0.1, 0.15) is 5.56 Å². The molecule has 0 aliphatic carbocycles.